The van der Waals surface area contributed by atoms with Crippen molar-refractivity contribution in [2.24, 2.45) is 5.92 Å². The van der Waals surface area contributed by atoms with E-state index >= 15 is 0 Å². The van der Waals surface area contributed by atoms with E-state index in [0.717, 1.165) is 18.0 Å². The number of hydrogen-bond acceptors (Lipinski definition) is 2. The molecule has 1 aliphatic heterocycles. The molecular formula is C13H26N2. The minimum Gasteiger partial charge on any atom is -0.311 e. The molecule has 4 unspecified atom stereocenters. The molecule has 2 fully saturated rings. The molecule has 2 rings (SSSR count). The molecule has 4 atom stereocenters. The van der Waals surface area contributed by atoms with Gasteiger partial charge < -0.3 is 5.32 Å². The van der Waals surface area contributed by atoms with E-state index in [1.165, 1.54) is 38.8 Å². The molecule has 1 saturated heterocycles. The van der Waals surface area contributed by atoms with Crippen LogP contribution in [0.2, 0.25) is 0 Å². The SMILES string of the molecule is CCCC1CC1N1CC(C)NCC1CC. The second kappa shape index (κ2) is 4.84. The van der Waals surface area contributed by atoms with Gasteiger partial charge in [-0.1, -0.05) is 20.3 Å². The lowest BCUT2D eigenvalue weighted by atomic mass is 10.1. The summed E-state index contributed by atoms with van der Waals surface area (Å²) in [6, 6.07) is 2.42. The van der Waals surface area contributed by atoms with Gasteiger partial charge in [-0.05, 0) is 32.1 Å². The molecule has 0 amide bonds. The maximum Gasteiger partial charge on any atom is 0.0221 e. The molecule has 1 N–H and O–H groups in total. The summed E-state index contributed by atoms with van der Waals surface area (Å²) in [5.41, 5.74) is 0. The molecule has 15 heavy (non-hydrogen) atoms. The van der Waals surface area contributed by atoms with Gasteiger partial charge in [-0.2, -0.15) is 0 Å². The highest BCUT2D eigenvalue weighted by molar-refractivity contribution is 4.99. The van der Waals surface area contributed by atoms with E-state index in [1.807, 2.05) is 0 Å². The lowest BCUT2D eigenvalue weighted by Gasteiger charge is -2.39. The van der Waals surface area contributed by atoms with E-state index in [2.05, 4.69) is 31.0 Å². The Morgan fingerprint density at radius 3 is 2.80 bits per heavy atom. The van der Waals surface area contributed by atoms with E-state index in [-0.39, 0.29) is 0 Å². The maximum absolute atomic E-state index is 3.60. The fourth-order valence-corrected chi connectivity index (χ4v) is 3.09. The van der Waals surface area contributed by atoms with Gasteiger partial charge in [-0.25, -0.2) is 0 Å². The predicted molar refractivity (Wildman–Crippen MR) is 65.1 cm³/mol. The van der Waals surface area contributed by atoms with E-state index < -0.39 is 0 Å². The maximum atomic E-state index is 3.60. The van der Waals surface area contributed by atoms with Crippen LogP contribution in [-0.2, 0) is 0 Å². The fraction of sp³-hybridized carbons (Fsp3) is 1.00. The average Bonchev–Trinajstić information content (AvgIpc) is 2.98. The van der Waals surface area contributed by atoms with Crippen LogP contribution in [0, 0.1) is 5.92 Å². The van der Waals surface area contributed by atoms with Gasteiger partial charge in [0.2, 0.25) is 0 Å². The molecule has 0 aromatic rings. The number of hydrogen-bond donors (Lipinski definition) is 1. The van der Waals surface area contributed by atoms with Crippen LogP contribution < -0.4 is 5.32 Å². The Labute approximate surface area is 94.4 Å². The molecule has 2 aliphatic rings. The average molecular weight is 210 g/mol. The van der Waals surface area contributed by atoms with Gasteiger partial charge in [0.25, 0.3) is 0 Å². The number of nitrogens with zero attached hydrogens (tertiary/aromatic N) is 1. The van der Waals surface area contributed by atoms with Crippen molar-refractivity contribution in [2.75, 3.05) is 13.1 Å². The van der Waals surface area contributed by atoms with E-state index in [4.69, 9.17) is 0 Å². The monoisotopic (exact) mass is 210 g/mol. The van der Waals surface area contributed by atoms with Crippen molar-refractivity contribution in [3.63, 3.8) is 0 Å². The van der Waals surface area contributed by atoms with Gasteiger partial charge in [-0.3, -0.25) is 4.90 Å². The number of rotatable bonds is 4. The third-order valence-corrected chi connectivity index (χ3v) is 4.10. The minimum atomic E-state index is 0.690. The smallest absolute Gasteiger partial charge is 0.0221 e. The predicted octanol–water partition coefficient (Wildman–Crippen LogP) is 2.25. The topological polar surface area (TPSA) is 15.3 Å². The van der Waals surface area contributed by atoms with Crippen molar-refractivity contribution in [3.05, 3.63) is 0 Å². The third-order valence-electron chi connectivity index (χ3n) is 4.10. The Morgan fingerprint density at radius 2 is 2.13 bits per heavy atom. The standard InChI is InChI=1S/C13H26N2/c1-4-6-11-7-13(11)15-9-10(3)14-8-12(15)5-2/h10-14H,4-9H2,1-3H3. The van der Waals surface area contributed by atoms with Crippen molar-refractivity contribution in [3.8, 4) is 0 Å². The normalized spacial score (nSPS) is 41.8. The zero-order chi connectivity index (χ0) is 10.8. The van der Waals surface area contributed by atoms with Crippen LogP contribution in [0.3, 0.4) is 0 Å². The van der Waals surface area contributed by atoms with Crippen molar-refractivity contribution in [1.82, 2.24) is 10.2 Å². The molecule has 88 valence electrons. The summed E-state index contributed by atoms with van der Waals surface area (Å²) >= 11 is 0. The van der Waals surface area contributed by atoms with Crippen LogP contribution in [0.5, 0.6) is 0 Å². The Balaban J connectivity index is 1.88. The lowest BCUT2D eigenvalue weighted by Crippen LogP contribution is -2.56. The first-order chi connectivity index (χ1) is 7.26. The molecule has 0 aromatic carbocycles. The fourth-order valence-electron chi connectivity index (χ4n) is 3.09. The highest BCUT2D eigenvalue weighted by Gasteiger charge is 2.44. The first kappa shape index (κ1) is 11.4. The molecule has 1 saturated carbocycles. The van der Waals surface area contributed by atoms with Crippen molar-refractivity contribution < 1.29 is 0 Å². The molecule has 2 nitrogen and oxygen atoms in total. The molecule has 0 bridgehead atoms. The first-order valence-corrected chi connectivity index (χ1v) is 6.75. The van der Waals surface area contributed by atoms with Gasteiger partial charge in [0.15, 0.2) is 0 Å². The van der Waals surface area contributed by atoms with Crippen LogP contribution in [0.1, 0.15) is 46.5 Å². The van der Waals surface area contributed by atoms with Crippen LogP contribution in [-0.4, -0.2) is 36.1 Å². The van der Waals surface area contributed by atoms with Gasteiger partial charge in [0.1, 0.15) is 0 Å². The lowest BCUT2D eigenvalue weighted by molar-refractivity contribution is 0.116. The van der Waals surface area contributed by atoms with Gasteiger partial charge in [0, 0.05) is 31.2 Å². The van der Waals surface area contributed by atoms with E-state index in [9.17, 15) is 0 Å². The molecule has 0 aromatic heterocycles. The van der Waals surface area contributed by atoms with Crippen LogP contribution in [0.25, 0.3) is 0 Å². The largest absolute Gasteiger partial charge is 0.311 e. The van der Waals surface area contributed by atoms with Crippen molar-refractivity contribution >= 4 is 0 Å². The van der Waals surface area contributed by atoms with Crippen LogP contribution in [0.15, 0.2) is 0 Å². The number of piperazine rings is 1. The summed E-state index contributed by atoms with van der Waals surface area (Å²) in [5, 5.41) is 3.60. The second-order valence-corrected chi connectivity index (χ2v) is 5.42. The van der Waals surface area contributed by atoms with Crippen LogP contribution in [0.4, 0.5) is 0 Å². The second-order valence-electron chi connectivity index (χ2n) is 5.42. The molecule has 0 spiro atoms. The molecule has 1 heterocycles. The van der Waals surface area contributed by atoms with Crippen molar-refractivity contribution in [1.29, 1.82) is 0 Å². The summed E-state index contributed by atoms with van der Waals surface area (Å²) < 4.78 is 0. The van der Waals surface area contributed by atoms with Gasteiger partial charge in [0.05, 0.1) is 0 Å². The van der Waals surface area contributed by atoms with Crippen molar-refractivity contribution in [2.45, 2.75) is 64.6 Å². The summed E-state index contributed by atoms with van der Waals surface area (Å²) in [5.74, 6) is 1.02. The Morgan fingerprint density at radius 1 is 1.33 bits per heavy atom. The molecule has 1 aliphatic carbocycles. The van der Waals surface area contributed by atoms with Gasteiger partial charge >= 0.3 is 0 Å². The third kappa shape index (κ3) is 2.54. The van der Waals surface area contributed by atoms with Gasteiger partial charge in [-0.15, -0.1) is 0 Å². The quantitative estimate of drug-likeness (QED) is 0.765. The Bertz CT molecular complexity index is 205. The number of nitrogens with one attached hydrogen (secondary N) is 1. The van der Waals surface area contributed by atoms with E-state index in [1.54, 1.807) is 0 Å². The summed E-state index contributed by atoms with van der Waals surface area (Å²) in [6.07, 6.45) is 5.57. The zero-order valence-electron chi connectivity index (χ0n) is 10.5. The van der Waals surface area contributed by atoms with E-state index in [0.29, 0.717) is 6.04 Å². The zero-order valence-corrected chi connectivity index (χ0v) is 10.5. The Kier molecular flexibility index (Phi) is 3.68. The summed E-state index contributed by atoms with van der Waals surface area (Å²) in [4.78, 5) is 2.79. The Hall–Kier alpha value is -0.0800. The first-order valence-electron chi connectivity index (χ1n) is 6.75. The highest BCUT2D eigenvalue weighted by atomic mass is 15.3. The minimum absolute atomic E-state index is 0.690. The van der Waals surface area contributed by atoms with Crippen LogP contribution >= 0.6 is 0 Å². The summed E-state index contributed by atoms with van der Waals surface area (Å²) in [7, 11) is 0. The highest BCUT2D eigenvalue weighted by Crippen LogP contribution is 2.41. The molecule has 2 heteroatoms. The summed E-state index contributed by atoms with van der Waals surface area (Å²) in [6.45, 7) is 9.42. The molecular weight excluding hydrogens is 184 g/mol. The molecule has 0 radical (unpaired) electrons.